The van der Waals surface area contributed by atoms with Crippen molar-refractivity contribution in [3.05, 3.63) is 24.0 Å². The van der Waals surface area contributed by atoms with Crippen molar-refractivity contribution >= 4 is 17.6 Å². The van der Waals surface area contributed by atoms with Crippen molar-refractivity contribution in [2.24, 2.45) is 0 Å². The lowest BCUT2D eigenvalue weighted by atomic mass is 10.4. The van der Waals surface area contributed by atoms with Crippen LogP contribution >= 0.6 is 12.2 Å². The van der Waals surface area contributed by atoms with Gasteiger partial charge in [-0.1, -0.05) is 12.2 Å². The minimum absolute atomic E-state index is 0.926. The average molecular weight is 124 g/mol. The first-order valence-electron chi connectivity index (χ1n) is 2.15. The van der Waals surface area contributed by atoms with Crippen molar-refractivity contribution in [2.75, 3.05) is 0 Å². The highest BCUT2D eigenvalue weighted by atomic mass is 32.1. The SMILES string of the molecule is S=Cc1ccnnc1. The Morgan fingerprint density at radius 2 is 2.38 bits per heavy atom. The first-order chi connectivity index (χ1) is 3.93. The van der Waals surface area contributed by atoms with Gasteiger partial charge in [0.25, 0.3) is 0 Å². The van der Waals surface area contributed by atoms with Gasteiger partial charge in [0.15, 0.2) is 0 Å². The molecule has 0 spiro atoms. The minimum atomic E-state index is 0.926. The lowest BCUT2D eigenvalue weighted by Gasteiger charge is -1.82. The van der Waals surface area contributed by atoms with Crippen LogP contribution in [-0.4, -0.2) is 15.6 Å². The second-order valence-corrected chi connectivity index (χ2v) is 1.53. The van der Waals surface area contributed by atoms with E-state index in [-0.39, 0.29) is 0 Å². The molecule has 0 saturated carbocycles. The predicted octanol–water partition coefficient (Wildman–Crippen LogP) is 0.824. The highest BCUT2D eigenvalue weighted by Crippen LogP contribution is 1.86. The van der Waals surface area contributed by atoms with Crippen molar-refractivity contribution in [3.63, 3.8) is 0 Å². The number of nitrogens with zero attached hydrogens (tertiary/aromatic N) is 2. The van der Waals surface area contributed by atoms with E-state index in [1.807, 2.05) is 0 Å². The molecule has 0 aliphatic carbocycles. The standard InChI is InChI=1S/C5H4N2S/c8-4-5-1-2-6-7-3-5/h1-4H. The molecule has 0 atom stereocenters. The Labute approximate surface area is 52.6 Å². The zero-order valence-electron chi connectivity index (χ0n) is 4.11. The summed E-state index contributed by atoms with van der Waals surface area (Å²) in [6, 6.07) is 1.81. The van der Waals surface area contributed by atoms with Gasteiger partial charge in [0.1, 0.15) is 0 Å². The lowest BCUT2D eigenvalue weighted by molar-refractivity contribution is 1.03. The molecule has 40 valence electrons. The lowest BCUT2D eigenvalue weighted by Crippen LogP contribution is -1.81. The summed E-state index contributed by atoms with van der Waals surface area (Å²) in [5.74, 6) is 0. The molecule has 1 heterocycles. The molecule has 0 aliphatic rings. The van der Waals surface area contributed by atoms with Crippen LogP contribution in [0.5, 0.6) is 0 Å². The van der Waals surface area contributed by atoms with Gasteiger partial charge in [-0.05, 0) is 6.07 Å². The molecule has 0 unspecified atom stereocenters. The smallest absolute Gasteiger partial charge is 0.0576 e. The fourth-order valence-corrected chi connectivity index (χ4v) is 0.510. The maximum atomic E-state index is 4.63. The molecular formula is C5H4N2S. The third-order valence-corrected chi connectivity index (χ3v) is 1.02. The van der Waals surface area contributed by atoms with Crippen molar-refractivity contribution in [3.8, 4) is 0 Å². The largest absolute Gasteiger partial charge is 0.159 e. The summed E-state index contributed by atoms with van der Waals surface area (Å²) < 4.78 is 0. The Hall–Kier alpha value is -0.830. The second-order valence-electron chi connectivity index (χ2n) is 1.29. The van der Waals surface area contributed by atoms with E-state index in [2.05, 4.69) is 22.4 Å². The van der Waals surface area contributed by atoms with E-state index in [1.165, 1.54) is 0 Å². The Morgan fingerprint density at radius 3 is 2.75 bits per heavy atom. The third-order valence-electron chi connectivity index (χ3n) is 0.743. The fourth-order valence-electron chi connectivity index (χ4n) is 0.371. The molecule has 0 aliphatic heterocycles. The van der Waals surface area contributed by atoms with Gasteiger partial charge in [0.2, 0.25) is 0 Å². The van der Waals surface area contributed by atoms with E-state index in [4.69, 9.17) is 0 Å². The molecule has 0 aromatic carbocycles. The van der Waals surface area contributed by atoms with Gasteiger partial charge in [-0.3, -0.25) is 0 Å². The first kappa shape index (κ1) is 5.31. The Balaban J connectivity index is 2.99. The zero-order chi connectivity index (χ0) is 5.82. The molecule has 0 amide bonds. The number of aromatic nitrogens is 2. The van der Waals surface area contributed by atoms with Crippen molar-refractivity contribution in [1.29, 1.82) is 0 Å². The van der Waals surface area contributed by atoms with Crippen LogP contribution in [0.3, 0.4) is 0 Å². The summed E-state index contributed by atoms with van der Waals surface area (Å²) in [5, 5.41) is 8.75. The normalized spacial score (nSPS) is 8.50. The summed E-state index contributed by atoms with van der Waals surface area (Å²) in [5.41, 5.74) is 0.926. The molecule has 0 N–H and O–H groups in total. The maximum absolute atomic E-state index is 4.63. The van der Waals surface area contributed by atoms with E-state index in [9.17, 15) is 0 Å². The van der Waals surface area contributed by atoms with Crippen LogP contribution in [0.15, 0.2) is 18.5 Å². The molecule has 3 heteroatoms. The first-order valence-corrected chi connectivity index (χ1v) is 2.62. The second kappa shape index (κ2) is 2.47. The highest BCUT2D eigenvalue weighted by Gasteiger charge is 1.79. The van der Waals surface area contributed by atoms with E-state index >= 15 is 0 Å². The Kier molecular flexibility index (Phi) is 1.64. The number of hydrogen-bond donors (Lipinski definition) is 0. The topological polar surface area (TPSA) is 25.8 Å². The number of hydrogen-bond acceptors (Lipinski definition) is 3. The van der Waals surface area contributed by atoms with E-state index < -0.39 is 0 Å². The van der Waals surface area contributed by atoms with Crippen LogP contribution in [-0.2, 0) is 0 Å². The molecule has 0 saturated heterocycles. The fraction of sp³-hybridized carbons (Fsp3) is 0. The van der Waals surface area contributed by atoms with Gasteiger partial charge in [0.05, 0.1) is 12.4 Å². The number of rotatable bonds is 1. The molecule has 2 nitrogen and oxygen atoms in total. The molecule has 0 bridgehead atoms. The van der Waals surface area contributed by atoms with Crippen LogP contribution < -0.4 is 0 Å². The van der Waals surface area contributed by atoms with Crippen molar-refractivity contribution < 1.29 is 0 Å². The van der Waals surface area contributed by atoms with Crippen LogP contribution in [0.2, 0.25) is 0 Å². The average Bonchev–Trinajstić information content (AvgIpc) is 1.90. The quantitative estimate of drug-likeness (QED) is 0.518. The molecule has 1 rings (SSSR count). The third kappa shape index (κ3) is 1.07. The molecule has 1 aromatic heterocycles. The van der Waals surface area contributed by atoms with Crippen LogP contribution in [0.1, 0.15) is 5.56 Å². The number of thiocarbonyl (C=S) groups is 1. The summed E-state index contributed by atoms with van der Waals surface area (Å²) in [7, 11) is 0. The molecule has 8 heavy (non-hydrogen) atoms. The van der Waals surface area contributed by atoms with Crippen molar-refractivity contribution in [1.82, 2.24) is 10.2 Å². The summed E-state index contributed by atoms with van der Waals surface area (Å²) in [6.07, 6.45) is 3.23. The van der Waals surface area contributed by atoms with Gasteiger partial charge in [0, 0.05) is 10.9 Å². The van der Waals surface area contributed by atoms with Gasteiger partial charge >= 0.3 is 0 Å². The molecule has 0 radical (unpaired) electrons. The maximum Gasteiger partial charge on any atom is 0.0576 e. The van der Waals surface area contributed by atoms with Gasteiger partial charge in [-0.15, -0.1) is 0 Å². The van der Waals surface area contributed by atoms with E-state index in [0.717, 1.165) is 5.56 Å². The Morgan fingerprint density at radius 1 is 1.50 bits per heavy atom. The Bertz CT molecular complexity index is 173. The monoisotopic (exact) mass is 124 g/mol. The van der Waals surface area contributed by atoms with Gasteiger partial charge < -0.3 is 0 Å². The summed E-state index contributed by atoms with van der Waals surface area (Å²) >= 11 is 4.63. The van der Waals surface area contributed by atoms with Crippen LogP contribution in [0.4, 0.5) is 0 Å². The van der Waals surface area contributed by atoms with Gasteiger partial charge in [-0.2, -0.15) is 10.2 Å². The highest BCUT2D eigenvalue weighted by molar-refractivity contribution is 7.79. The van der Waals surface area contributed by atoms with Crippen LogP contribution in [0, 0.1) is 0 Å². The van der Waals surface area contributed by atoms with Crippen molar-refractivity contribution in [2.45, 2.75) is 0 Å². The molecule has 0 fully saturated rings. The van der Waals surface area contributed by atoms with E-state index in [1.54, 1.807) is 23.8 Å². The summed E-state index contributed by atoms with van der Waals surface area (Å²) in [4.78, 5) is 0. The van der Waals surface area contributed by atoms with Crippen LogP contribution in [0.25, 0.3) is 0 Å². The predicted molar refractivity (Wildman–Crippen MR) is 34.8 cm³/mol. The minimum Gasteiger partial charge on any atom is -0.159 e. The van der Waals surface area contributed by atoms with Gasteiger partial charge in [-0.25, -0.2) is 0 Å². The zero-order valence-corrected chi connectivity index (χ0v) is 4.93. The molecule has 1 aromatic rings. The van der Waals surface area contributed by atoms with E-state index in [0.29, 0.717) is 0 Å². The summed E-state index contributed by atoms with van der Waals surface area (Å²) in [6.45, 7) is 0. The molecular weight excluding hydrogens is 120 g/mol.